The van der Waals surface area contributed by atoms with E-state index in [4.69, 9.17) is 4.98 Å². The minimum atomic E-state index is 0.517. The molecule has 2 aliphatic rings. The Morgan fingerprint density at radius 2 is 1.86 bits per heavy atom. The molecule has 0 spiro atoms. The van der Waals surface area contributed by atoms with Crippen LogP contribution in [-0.4, -0.2) is 61.7 Å². The van der Waals surface area contributed by atoms with Gasteiger partial charge in [0.05, 0.1) is 0 Å². The second-order valence-electron chi connectivity index (χ2n) is 8.11. The summed E-state index contributed by atoms with van der Waals surface area (Å²) in [5.74, 6) is 2.01. The van der Waals surface area contributed by atoms with E-state index >= 15 is 0 Å². The average molecular weight is 387 g/mol. The largest absolute Gasteiger partial charge is 0.357 e. The van der Waals surface area contributed by atoms with Crippen molar-refractivity contribution in [2.45, 2.75) is 64.5 Å². The SMILES string of the molecule is CCCN1CCC(NC(=NC)NCc2ccc(N3CCCCCC3)nc2)CC1. The Hall–Kier alpha value is -1.82. The molecule has 1 aromatic rings. The summed E-state index contributed by atoms with van der Waals surface area (Å²) in [4.78, 5) is 14.1. The number of hydrogen-bond acceptors (Lipinski definition) is 4. The third-order valence-electron chi connectivity index (χ3n) is 5.89. The van der Waals surface area contributed by atoms with Gasteiger partial charge in [0.1, 0.15) is 5.82 Å². The van der Waals surface area contributed by atoms with Crippen LogP contribution < -0.4 is 15.5 Å². The van der Waals surface area contributed by atoms with E-state index in [1.54, 1.807) is 0 Å². The second-order valence-corrected chi connectivity index (χ2v) is 8.11. The number of anilines is 1. The van der Waals surface area contributed by atoms with E-state index in [0.717, 1.165) is 31.4 Å². The van der Waals surface area contributed by atoms with E-state index in [9.17, 15) is 0 Å². The van der Waals surface area contributed by atoms with Gasteiger partial charge < -0.3 is 20.4 Å². The van der Waals surface area contributed by atoms with Gasteiger partial charge in [-0.05, 0) is 50.3 Å². The summed E-state index contributed by atoms with van der Waals surface area (Å²) >= 11 is 0. The molecule has 0 amide bonds. The van der Waals surface area contributed by atoms with Crippen LogP contribution in [0.15, 0.2) is 23.3 Å². The van der Waals surface area contributed by atoms with E-state index < -0.39 is 0 Å². The fraction of sp³-hybridized carbons (Fsp3) is 0.727. The molecule has 2 saturated heterocycles. The highest BCUT2D eigenvalue weighted by Gasteiger charge is 2.19. The van der Waals surface area contributed by atoms with Crippen LogP contribution in [0.4, 0.5) is 5.82 Å². The van der Waals surface area contributed by atoms with Crippen LogP contribution in [0.1, 0.15) is 57.4 Å². The fourth-order valence-corrected chi connectivity index (χ4v) is 4.20. The van der Waals surface area contributed by atoms with E-state index in [1.165, 1.54) is 70.1 Å². The van der Waals surface area contributed by atoms with Crippen molar-refractivity contribution in [3.05, 3.63) is 23.9 Å². The summed E-state index contributed by atoms with van der Waals surface area (Å²) in [6, 6.07) is 4.88. The number of guanidine groups is 1. The van der Waals surface area contributed by atoms with Gasteiger partial charge in [-0.15, -0.1) is 0 Å². The summed E-state index contributed by atoms with van der Waals surface area (Å²) in [5, 5.41) is 7.04. The fourth-order valence-electron chi connectivity index (χ4n) is 4.20. The van der Waals surface area contributed by atoms with Crippen LogP contribution in [0.2, 0.25) is 0 Å². The zero-order valence-corrected chi connectivity index (χ0v) is 17.8. The Kier molecular flexibility index (Phi) is 8.40. The Morgan fingerprint density at radius 1 is 1.11 bits per heavy atom. The molecular weight excluding hydrogens is 348 g/mol. The number of rotatable bonds is 6. The molecule has 1 aromatic heterocycles. The van der Waals surface area contributed by atoms with Crippen LogP contribution >= 0.6 is 0 Å². The first kappa shape index (κ1) is 20.9. The highest BCUT2D eigenvalue weighted by molar-refractivity contribution is 5.79. The quantitative estimate of drug-likeness (QED) is 0.581. The van der Waals surface area contributed by atoms with E-state index in [2.05, 4.69) is 44.5 Å². The number of nitrogens with one attached hydrogen (secondary N) is 2. The maximum Gasteiger partial charge on any atom is 0.191 e. The van der Waals surface area contributed by atoms with Crippen LogP contribution in [0.3, 0.4) is 0 Å². The number of nitrogens with zero attached hydrogens (tertiary/aromatic N) is 4. The topological polar surface area (TPSA) is 55.8 Å². The zero-order valence-electron chi connectivity index (χ0n) is 17.8. The standard InChI is InChI=1S/C22H38N6/c1-3-12-27-15-10-20(11-16-27)26-22(23-2)25-18-19-8-9-21(24-17-19)28-13-6-4-5-7-14-28/h8-9,17,20H,3-7,10-16,18H2,1-2H3,(H2,23,25,26). The lowest BCUT2D eigenvalue weighted by molar-refractivity contribution is 0.206. The van der Waals surface area contributed by atoms with Gasteiger partial charge in [0, 0.05) is 52.0 Å². The van der Waals surface area contributed by atoms with Crippen molar-refractivity contribution in [1.82, 2.24) is 20.5 Å². The van der Waals surface area contributed by atoms with E-state index in [0.29, 0.717) is 6.04 Å². The first-order valence-corrected chi connectivity index (χ1v) is 11.2. The smallest absolute Gasteiger partial charge is 0.191 e. The summed E-state index contributed by atoms with van der Waals surface area (Å²) < 4.78 is 0. The van der Waals surface area contributed by atoms with Gasteiger partial charge in [0.2, 0.25) is 0 Å². The maximum absolute atomic E-state index is 4.71. The predicted octanol–water partition coefficient (Wildman–Crippen LogP) is 3.00. The third kappa shape index (κ3) is 6.36. The van der Waals surface area contributed by atoms with Crippen LogP contribution in [0, 0.1) is 0 Å². The molecule has 6 heteroatoms. The van der Waals surface area contributed by atoms with Crippen LogP contribution in [0.25, 0.3) is 0 Å². The number of aromatic nitrogens is 1. The molecular formula is C22H38N6. The first-order valence-electron chi connectivity index (χ1n) is 11.2. The Labute approximate surface area is 170 Å². The molecule has 3 heterocycles. The van der Waals surface area contributed by atoms with Crippen molar-refractivity contribution in [3.8, 4) is 0 Å². The highest BCUT2D eigenvalue weighted by Crippen LogP contribution is 2.17. The second kappa shape index (κ2) is 11.2. The first-order chi connectivity index (χ1) is 13.8. The number of likely N-dealkylation sites (tertiary alicyclic amines) is 1. The summed E-state index contributed by atoms with van der Waals surface area (Å²) in [6.45, 7) is 8.87. The molecule has 0 bridgehead atoms. The molecule has 0 saturated carbocycles. The molecule has 3 rings (SSSR count). The third-order valence-corrected chi connectivity index (χ3v) is 5.89. The van der Waals surface area contributed by atoms with E-state index in [-0.39, 0.29) is 0 Å². The highest BCUT2D eigenvalue weighted by atomic mass is 15.2. The molecule has 156 valence electrons. The van der Waals surface area contributed by atoms with Crippen molar-refractivity contribution < 1.29 is 0 Å². The van der Waals surface area contributed by atoms with Gasteiger partial charge >= 0.3 is 0 Å². The minimum Gasteiger partial charge on any atom is -0.357 e. The molecule has 0 unspecified atom stereocenters. The van der Waals surface area contributed by atoms with Crippen molar-refractivity contribution in [1.29, 1.82) is 0 Å². The van der Waals surface area contributed by atoms with Gasteiger partial charge in [0.15, 0.2) is 5.96 Å². The van der Waals surface area contributed by atoms with Crippen LogP contribution in [-0.2, 0) is 6.54 Å². The van der Waals surface area contributed by atoms with Crippen molar-refractivity contribution >= 4 is 11.8 Å². The molecule has 0 radical (unpaired) electrons. The number of piperidine rings is 1. The minimum absolute atomic E-state index is 0.517. The molecule has 2 aliphatic heterocycles. The predicted molar refractivity (Wildman–Crippen MR) is 118 cm³/mol. The molecule has 2 fully saturated rings. The Morgan fingerprint density at radius 3 is 2.46 bits per heavy atom. The van der Waals surface area contributed by atoms with Crippen molar-refractivity contribution in [2.24, 2.45) is 4.99 Å². The molecule has 0 atom stereocenters. The van der Waals surface area contributed by atoms with Crippen molar-refractivity contribution in [3.63, 3.8) is 0 Å². The van der Waals surface area contributed by atoms with Crippen molar-refractivity contribution in [2.75, 3.05) is 44.7 Å². The Bertz CT molecular complexity index is 584. The summed E-state index contributed by atoms with van der Waals surface area (Å²) in [7, 11) is 1.85. The van der Waals surface area contributed by atoms with Gasteiger partial charge in [-0.2, -0.15) is 0 Å². The van der Waals surface area contributed by atoms with E-state index in [1.807, 2.05) is 13.2 Å². The van der Waals surface area contributed by atoms with Gasteiger partial charge in [0.25, 0.3) is 0 Å². The monoisotopic (exact) mass is 386 g/mol. The number of hydrogen-bond donors (Lipinski definition) is 2. The molecule has 2 N–H and O–H groups in total. The molecule has 28 heavy (non-hydrogen) atoms. The number of aliphatic imine (C=N–C) groups is 1. The lowest BCUT2D eigenvalue weighted by atomic mass is 10.1. The normalized spacial score (nSPS) is 20.1. The molecule has 0 aliphatic carbocycles. The average Bonchev–Trinajstić information content (AvgIpc) is 3.02. The lowest BCUT2D eigenvalue weighted by Crippen LogP contribution is -2.48. The van der Waals surface area contributed by atoms with Gasteiger partial charge in [-0.25, -0.2) is 4.98 Å². The van der Waals surface area contributed by atoms with Gasteiger partial charge in [-0.1, -0.05) is 25.8 Å². The zero-order chi connectivity index (χ0) is 19.6. The maximum atomic E-state index is 4.71. The lowest BCUT2D eigenvalue weighted by Gasteiger charge is -2.32. The van der Waals surface area contributed by atoms with Crippen LogP contribution in [0.5, 0.6) is 0 Å². The summed E-state index contributed by atoms with van der Waals surface area (Å²) in [6.07, 6.45) is 10.9. The van der Waals surface area contributed by atoms with Gasteiger partial charge in [-0.3, -0.25) is 4.99 Å². The Balaban J connectivity index is 1.43. The number of pyridine rings is 1. The molecule has 6 nitrogen and oxygen atoms in total. The molecule has 0 aromatic carbocycles. The summed E-state index contributed by atoms with van der Waals surface area (Å²) in [5.41, 5.74) is 1.19.